The Hall–Kier alpha value is -3.28. The first-order valence-electron chi connectivity index (χ1n) is 18.4. The summed E-state index contributed by atoms with van der Waals surface area (Å²) in [6.07, 6.45) is 16.6. The molecule has 2 saturated carbocycles. The van der Waals surface area contributed by atoms with E-state index in [1.165, 1.54) is 5.57 Å². The van der Waals surface area contributed by atoms with Gasteiger partial charge in [0.25, 0.3) is 0 Å². The largest absolute Gasteiger partial charge is 0.504 e. The number of benzene rings is 1. The number of carbonyl (C=O) groups excluding carboxylic acids is 1. The van der Waals surface area contributed by atoms with Gasteiger partial charge in [0.15, 0.2) is 23.2 Å². The predicted octanol–water partition coefficient (Wildman–Crippen LogP) is 6.14. The van der Waals surface area contributed by atoms with Crippen molar-refractivity contribution in [1.82, 2.24) is 5.32 Å². The van der Waals surface area contributed by atoms with Crippen molar-refractivity contribution in [1.29, 1.82) is 0 Å². The minimum Gasteiger partial charge on any atom is -0.504 e. The van der Waals surface area contributed by atoms with Crippen molar-refractivity contribution in [2.24, 2.45) is 46.0 Å². The highest BCUT2D eigenvalue weighted by atomic mass is 16.5. The van der Waals surface area contributed by atoms with Gasteiger partial charge in [0.1, 0.15) is 0 Å². The number of allylic oxidation sites excluding steroid dienone is 3. The Balaban J connectivity index is 1.73. The van der Waals surface area contributed by atoms with Crippen molar-refractivity contribution in [3.8, 4) is 23.3 Å². The number of nitrogens with one attached hydrogen (secondary N) is 1. The summed E-state index contributed by atoms with van der Waals surface area (Å²) in [7, 11) is 3.80. The zero-order chi connectivity index (χ0) is 34.2. The van der Waals surface area contributed by atoms with Crippen LogP contribution in [-0.2, 0) is 16.0 Å². The second-order valence-corrected chi connectivity index (χ2v) is 14.7. The summed E-state index contributed by atoms with van der Waals surface area (Å²) in [5.74, 6) is 9.13. The summed E-state index contributed by atoms with van der Waals surface area (Å²) in [5, 5.41) is 15.9. The monoisotopic (exact) mass is 658 g/mol. The molecule has 5 rings (SSSR count). The number of aliphatic imine (C=N–C) groups is 1. The topological polar surface area (TPSA) is 132 Å². The van der Waals surface area contributed by atoms with Crippen LogP contribution in [0, 0.1) is 41.4 Å². The molecule has 262 valence electrons. The fourth-order valence-corrected chi connectivity index (χ4v) is 9.02. The SMILES string of the molecule is CCCC=CC(=O)CCc1cc(OC2CCCC2)c(O)c2c1C#CC[C@H](N=C(N)N)C[C@@H]1C=C3[C@@H](CNC)C[C@H](C)C[C@@H]3[C@@H]2C1COC. The van der Waals surface area contributed by atoms with E-state index in [2.05, 4.69) is 42.1 Å². The van der Waals surface area contributed by atoms with Crippen LogP contribution in [0.3, 0.4) is 0 Å². The molecule has 6 N–H and O–H groups in total. The summed E-state index contributed by atoms with van der Waals surface area (Å²) in [4.78, 5) is 17.7. The molecule has 2 fully saturated rings. The molecule has 4 aliphatic rings. The highest BCUT2D eigenvalue weighted by Gasteiger charge is 2.48. The van der Waals surface area contributed by atoms with E-state index in [9.17, 15) is 9.90 Å². The number of hydrogen-bond acceptors (Lipinski definition) is 6. The standard InChI is InChI=1S/C40H58N4O4/c1-5-6-7-12-30(45)17-16-26-22-36(48-31-13-8-9-14-31)39(46)38-32(26)15-10-11-29(44-40(41)42)20-27-21-33-28(23-43-3)18-25(2)19-34(33)37(38)35(27)24-47-4/h7,12,21-22,25,27-29,31,34-35,37,43,46H,5-6,8-9,11,13-14,16-20,23-24H2,1-4H3,(H4,41,42,44)/t25-,27+,28+,29-,34-,35?,37+/m0/s1. The quantitative estimate of drug-likeness (QED) is 0.0658. The molecule has 0 spiro atoms. The van der Waals surface area contributed by atoms with Gasteiger partial charge in [-0.1, -0.05) is 49.8 Å². The van der Waals surface area contributed by atoms with E-state index in [1.807, 2.05) is 19.2 Å². The number of carbonyl (C=O) groups is 1. The first-order valence-corrected chi connectivity index (χ1v) is 18.4. The van der Waals surface area contributed by atoms with E-state index in [0.717, 1.165) is 81.0 Å². The molecule has 0 aliphatic heterocycles. The van der Waals surface area contributed by atoms with Crippen molar-refractivity contribution in [2.75, 3.05) is 27.3 Å². The molecule has 0 amide bonds. The molecule has 4 aliphatic carbocycles. The third-order valence-corrected chi connectivity index (χ3v) is 11.0. The molecule has 8 nitrogen and oxygen atoms in total. The zero-order valence-electron chi connectivity index (χ0n) is 29.6. The highest BCUT2D eigenvalue weighted by molar-refractivity contribution is 5.89. The van der Waals surface area contributed by atoms with E-state index < -0.39 is 0 Å². The number of nitrogens with zero attached hydrogens (tertiary/aromatic N) is 1. The molecule has 1 unspecified atom stereocenters. The lowest BCUT2D eigenvalue weighted by Gasteiger charge is -2.49. The molecule has 2 bridgehead atoms. The van der Waals surface area contributed by atoms with Gasteiger partial charge in [-0.25, -0.2) is 4.99 Å². The molecule has 0 saturated heterocycles. The molecule has 8 heteroatoms. The van der Waals surface area contributed by atoms with E-state index in [0.29, 0.717) is 43.5 Å². The average Bonchev–Trinajstić information content (AvgIpc) is 3.55. The van der Waals surface area contributed by atoms with Gasteiger partial charge in [0.05, 0.1) is 18.8 Å². The summed E-state index contributed by atoms with van der Waals surface area (Å²) in [6, 6.07) is 1.80. The molecule has 0 aromatic heterocycles. The molecule has 0 heterocycles. The van der Waals surface area contributed by atoms with Crippen molar-refractivity contribution in [3.63, 3.8) is 0 Å². The number of aryl methyl sites for hydroxylation is 1. The third kappa shape index (κ3) is 8.47. The number of phenols is 1. The van der Waals surface area contributed by atoms with Crippen LogP contribution in [0.25, 0.3) is 0 Å². The van der Waals surface area contributed by atoms with Crippen molar-refractivity contribution in [3.05, 3.63) is 46.6 Å². The van der Waals surface area contributed by atoms with E-state index in [-0.39, 0.29) is 53.3 Å². The maximum atomic E-state index is 13.0. The number of aromatic hydroxyl groups is 1. The lowest BCUT2D eigenvalue weighted by atomic mass is 9.56. The number of methoxy groups -OCH3 is 1. The minimum atomic E-state index is -0.167. The predicted molar refractivity (Wildman–Crippen MR) is 193 cm³/mol. The number of ketones is 1. The van der Waals surface area contributed by atoms with Gasteiger partial charge in [-0.05, 0) is 112 Å². The fourth-order valence-electron chi connectivity index (χ4n) is 9.02. The average molecular weight is 659 g/mol. The zero-order valence-corrected chi connectivity index (χ0v) is 29.6. The van der Waals surface area contributed by atoms with Crippen LogP contribution >= 0.6 is 0 Å². The highest BCUT2D eigenvalue weighted by Crippen LogP contribution is 2.57. The van der Waals surface area contributed by atoms with Gasteiger partial charge in [0.2, 0.25) is 0 Å². The Morgan fingerprint density at radius 1 is 1.21 bits per heavy atom. The first-order chi connectivity index (χ1) is 23.2. The van der Waals surface area contributed by atoms with Crippen LogP contribution < -0.4 is 21.5 Å². The number of hydrogen-bond donors (Lipinski definition) is 4. The van der Waals surface area contributed by atoms with Crippen LogP contribution in [0.1, 0.15) is 107 Å². The minimum absolute atomic E-state index is 0.0506. The fraction of sp³-hybridized carbons (Fsp3) is 0.650. The molecule has 7 atom stereocenters. The van der Waals surface area contributed by atoms with Crippen LogP contribution in [0.5, 0.6) is 11.5 Å². The number of nitrogens with two attached hydrogens (primary N) is 2. The van der Waals surface area contributed by atoms with E-state index >= 15 is 0 Å². The van der Waals surface area contributed by atoms with Gasteiger partial charge in [-0.3, -0.25) is 4.79 Å². The second kappa shape index (κ2) is 16.9. The van der Waals surface area contributed by atoms with Crippen molar-refractivity contribution < 1.29 is 19.4 Å². The number of unbranched alkanes of at least 4 members (excludes halogenated alkanes) is 1. The van der Waals surface area contributed by atoms with Gasteiger partial charge < -0.3 is 31.4 Å². The number of fused-ring (bicyclic) bond motifs is 6. The summed E-state index contributed by atoms with van der Waals surface area (Å²) < 4.78 is 12.6. The Kier molecular flexibility index (Phi) is 12.7. The summed E-state index contributed by atoms with van der Waals surface area (Å²) in [5.41, 5.74) is 16.0. The van der Waals surface area contributed by atoms with Crippen LogP contribution in [0.15, 0.2) is 34.9 Å². The number of phenolic OH excluding ortho intramolecular Hbond substituents is 1. The molecular formula is C40H58N4O4. The second-order valence-electron chi connectivity index (χ2n) is 14.7. The molecule has 48 heavy (non-hydrogen) atoms. The van der Waals surface area contributed by atoms with Gasteiger partial charge in [0, 0.05) is 43.5 Å². The Bertz CT molecular complexity index is 1430. The molecule has 1 aromatic carbocycles. The molecule has 1 aromatic rings. The summed E-state index contributed by atoms with van der Waals surface area (Å²) >= 11 is 0. The van der Waals surface area contributed by atoms with Crippen molar-refractivity contribution >= 4 is 11.7 Å². The smallest absolute Gasteiger partial charge is 0.186 e. The third-order valence-electron chi connectivity index (χ3n) is 11.0. The van der Waals surface area contributed by atoms with E-state index in [4.69, 9.17) is 20.9 Å². The van der Waals surface area contributed by atoms with Crippen LogP contribution in [0.2, 0.25) is 0 Å². The Morgan fingerprint density at radius 2 is 2.00 bits per heavy atom. The van der Waals surface area contributed by atoms with Crippen molar-refractivity contribution in [2.45, 2.75) is 109 Å². The Labute approximate surface area is 288 Å². The number of rotatable bonds is 13. The summed E-state index contributed by atoms with van der Waals surface area (Å²) in [6.45, 7) is 5.90. The Morgan fingerprint density at radius 3 is 2.71 bits per heavy atom. The van der Waals surface area contributed by atoms with Gasteiger partial charge in [-0.15, -0.1) is 0 Å². The number of guanidine groups is 1. The van der Waals surface area contributed by atoms with Crippen LogP contribution in [-0.4, -0.2) is 56.3 Å². The van der Waals surface area contributed by atoms with Gasteiger partial charge >= 0.3 is 0 Å². The maximum Gasteiger partial charge on any atom is 0.186 e. The maximum absolute atomic E-state index is 13.0. The van der Waals surface area contributed by atoms with E-state index in [1.54, 1.807) is 13.2 Å². The lowest BCUT2D eigenvalue weighted by molar-refractivity contribution is -0.114. The van der Waals surface area contributed by atoms with Crippen LogP contribution in [0.4, 0.5) is 0 Å². The number of ether oxygens (including phenoxy) is 2. The molecular weight excluding hydrogens is 600 g/mol. The lowest BCUT2D eigenvalue weighted by Crippen LogP contribution is -2.43. The normalized spacial score (nSPS) is 28.5. The first kappa shape index (κ1) is 36.0. The van der Waals surface area contributed by atoms with Gasteiger partial charge in [-0.2, -0.15) is 0 Å². The molecule has 0 radical (unpaired) electrons.